The predicted octanol–water partition coefficient (Wildman–Crippen LogP) is 4.33. The zero-order chi connectivity index (χ0) is 14.0. The molecule has 1 aliphatic carbocycles. The lowest BCUT2D eigenvalue weighted by molar-refractivity contribution is 0.0996. The molecule has 0 radical (unpaired) electrons. The standard InChI is InChI=1S/C18H29N/c1-13(2)15-6-8-17(9-7-15)18(12-19-5)10-16(11-18)14(3)4/h6-9,13-14,16,19H,10-12H2,1-5H3. The van der Waals surface area contributed by atoms with Crippen molar-refractivity contribution in [2.75, 3.05) is 13.6 Å². The van der Waals surface area contributed by atoms with E-state index in [0.717, 1.165) is 18.4 Å². The topological polar surface area (TPSA) is 12.0 Å². The van der Waals surface area contributed by atoms with Gasteiger partial charge >= 0.3 is 0 Å². The van der Waals surface area contributed by atoms with E-state index in [1.54, 1.807) is 0 Å². The summed E-state index contributed by atoms with van der Waals surface area (Å²) in [6.07, 6.45) is 2.68. The first kappa shape index (κ1) is 14.6. The molecule has 0 spiro atoms. The van der Waals surface area contributed by atoms with Gasteiger partial charge in [0.1, 0.15) is 0 Å². The SMILES string of the molecule is CNCC1(c2ccc(C(C)C)cc2)CC(C(C)C)C1. The molecule has 0 heterocycles. The molecule has 0 bridgehead atoms. The Labute approximate surface area is 118 Å². The minimum atomic E-state index is 0.388. The lowest BCUT2D eigenvalue weighted by Crippen LogP contribution is -2.49. The molecule has 0 aromatic heterocycles. The minimum Gasteiger partial charge on any atom is -0.319 e. The molecule has 0 saturated heterocycles. The first-order valence-corrected chi connectivity index (χ1v) is 7.73. The van der Waals surface area contributed by atoms with Gasteiger partial charge in [-0.25, -0.2) is 0 Å². The number of rotatable bonds is 5. The van der Waals surface area contributed by atoms with Gasteiger partial charge in [-0.05, 0) is 48.8 Å². The first-order chi connectivity index (χ1) is 8.98. The van der Waals surface area contributed by atoms with Crippen molar-refractivity contribution in [3.8, 4) is 0 Å². The highest BCUT2D eigenvalue weighted by atomic mass is 14.8. The number of nitrogens with one attached hydrogen (secondary N) is 1. The van der Waals surface area contributed by atoms with Crippen molar-refractivity contribution < 1.29 is 0 Å². The summed E-state index contributed by atoms with van der Waals surface area (Å²) in [6, 6.07) is 9.37. The van der Waals surface area contributed by atoms with E-state index >= 15 is 0 Å². The Bertz CT molecular complexity index is 396. The summed E-state index contributed by atoms with van der Waals surface area (Å²) in [5.74, 6) is 2.34. The molecule has 1 fully saturated rings. The Morgan fingerprint density at radius 1 is 1.11 bits per heavy atom. The van der Waals surface area contributed by atoms with Crippen LogP contribution in [0.3, 0.4) is 0 Å². The molecule has 1 aromatic carbocycles. The minimum absolute atomic E-state index is 0.388. The van der Waals surface area contributed by atoms with Crippen LogP contribution in [0, 0.1) is 11.8 Å². The third-order valence-corrected chi connectivity index (χ3v) is 4.95. The Balaban J connectivity index is 2.16. The van der Waals surface area contributed by atoms with Crippen LogP contribution in [0.4, 0.5) is 0 Å². The largest absolute Gasteiger partial charge is 0.319 e. The molecule has 1 aromatic rings. The fourth-order valence-corrected chi connectivity index (χ4v) is 3.46. The second kappa shape index (κ2) is 5.66. The van der Waals surface area contributed by atoms with Crippen molar-refractivity contribution in [2.24, 2.45) is 11.8 Å². The number of likely N-dealkylation sites (N-methyl/N-ethyl adjacent to an activating group) is 1. The number of benzene rings is 1. The summed E-state index contributed by atoms with van der Waals surface area (Å²) in [5.41, 5.74) is 3.37. The summed E-state index contributed by atoms with van der Waals surface area (Å²) in [5, 5.41) is 3.41. The van der Waals surface area contributed by atoms with Crippen LogP contribution in [-0.2, 0) is 5.41 Å². The first-order valence-electron chi connectivity index (χ1n) is 7.73. The van der Waals surface area contributed by atoms with Crippen LogP contribution in [0.5, 0.6) is 0 Å². The van der Waals surface area contributed by atoms with Gasteiger partial charge in [0.15, 0.2) is 0 Å². The van der Waals surface area contributed by atoms with Crippen LogP contribution < -0.4 is 5.32 Å². The molecular weight excluding hydrogens is 230 g/mol. The van der Waals surface area contributed by atoms with Crippen LogP contribution in [0.15, 0.2) is 24.3 Å². The average Bonchev–Trinajstić information content (AvgIpc) is 2.33. The molecule has 1 saturated carbocycles. The molecule has 106 valence electrons. The summed E-state index contributed by atoms with van der Waals surface area (Å²) >= 11 is 0. The molecule has 1 aliphatic rings. The molecule has 1 nitrogen and oxygen atoms in total. The highest BCUT2D eigenvalue weighted by molar-refractivity contribution is 5.33. The van der Waals surface area contributed by atoms with E-state index in [4.69, 9.17) is 0 Å². The Morgan fingerprint density at radius 3 is 2.11 bits per heavy atom. The van der Waals surface area contributed by atoms with E-state index in [2.05, 4.69) is 64.3 Å². The smallest absolute Gasteiger partial charge is 0.00831 e. The van der Waals surface area contributed by atoms with Gasteiger partial charge in [0.25, 0.3) is 0 Å². The van der Waals surface area contributed by atoms with Crippen LogP contribution in [0.25, 0.3) is 0 Å². The van der Waals surface area contributed by atoms with Gasteiger partial charge in [0.05, 0.1) is 0 Å². The van der Waals surface area contributed by atoms with E-state index in [1.807, 2.05) is 0 Å². The number of hydrogen-bond donors (Lipinski definition) is 1. The maximum Gasteiger partial charge on any atom is 0.00831 e. The summed E-state index contributed by atoms with van der Waals surface area (Å²) in [4.78, 5) is 0. The third kappa shape index (κ3) is 2.86. The van der Waals surface area contributed by atoms with Gasteiger partial charge in [-0.3, -0.25) is 0 Å². The summed E-state index contributed by atoms with van der Waals surface area (Å²) in [7, 11) is 2.08. The average molecular weight is 259 g/mol. The maximum atomic E-state index is 3.41. The summed E-state index contributed by atoms with van der Waals surface area (Å²) in [6.45, 7) is 10.3. The molecule has 0 unspecified atom stereocenters. The monoisotopic (exact) mass is 259 g/mol. The van der Waals surface area contributed by atoms with Crippen LogP contribution in [-0.4, -0.2) is 13.6 Å². The number of hydrogen-bond acceptors (Lipinski definition) is 1. The summed E-state index contributed by atoms with van der Waals surface area (Å²) < 4.78 is 0. The fraction of sp³-hybridized carbons (Fsp3) is 0.667. The van der Waals surface area contributed by atoms with Crippen LogP contribution in [0.1, 0.15) is 57.6 Å². The molecule has 1 heteroatoms. The molecule has 2 rings (SSSR count). The Morgan fingerprint density at radius 2 is 1.68 bits per heavy atom. The zero-order valence-corrected chi connectivity index (χ0v) is 13.2. The van der Waals surface area contributed by atoms with E-state index in [9.17, 15) is 0 Å². The molecule has 1 N–H and O–H groups in total. The van der Waals surface area contributed by atoms with Crippen molar-refractivity contribution in [1.82, 2.24) is 5.32 Å². The van der Waals surface area contributed by atoms with Gasteiger partial charge in [-0.15, -0.1) is 0 Å². The highest BCUT2D eigenvalue weighted by Crippen LogP contribution is 2.50. The van der Waals surface area contributed by atoms with Gasteiger partial charge in [-0.1, -0.05) is 52.0 Å². The Hall–Kier alpha value is -0.820. The van der Waals surface area contributed by atoms with Crippen molar-refractivity contribution in [3.63, 3.8) is 0 Å². The van der Waals surface area contributed by atoms with E-state index in [1.165, 1.54) is 24.0 Å². The molecule has 0 amide bonds. The second-order valence-electron chi connectivity index (χ2n) is 7.00. The lowest BCUT2D eigenvalue weighted by Gasteiger charge is -2.50. The van der Waals surface area contributed by atoms with Gasteiger partial charge in [0, 0.05) is 12.0 Å². The second-order valence-corrected chi connectivity index (χ2v) is 7.00. The normalized spacial score (nSPS) is 26.8. The van der Waals surface area contributed by atoms with Gasteiger partial charge < -0.3 is 5.32 Å². The van der Waals surface area contributed by atoms with Crippen molar-refractivity contribution in [3.05, 3.63) is 35.4 Å². The van der Waals surface area contributed by atoms with Crippen LogP contribution in [0.2, 0.25) is 0 Å². The Kier molecular flexibility index (Phi) is 4.35. The van der Waals surface area contributed by atoms with Crippen LogP contribution >= 0.6 is 0 Å². The van der Waals surface area contributed by atoms with Gasteiger partial charge in [-0.2, -0.15) is 0 Å². The lowest BCUT2D eigenvalue weighted by atomic mass is 9.56. The molecule has 0 aliphatic heterocycles. The molecular formula is C18H29N. The van der Waals surface area contributed by atoms with Gasteiger partial charge in [0.2, 0.25) is 0 Å². The van der Waals surface area contributed by atoms with Crippen molar-refractivity contribution in [2.45, 2.75) is 51.9 Å². The van der Waals surface area contributed by atoms with E-state index in [-0.39, 0.29) is 0 Å². The van der Waals surface area contributed by atoms with E-state index in [0.29, 0.717) is 11.3 Å². The third-order valence-electron chi connectivity index (χ3n) is 4.95. The van der Waals surface area contributed by atoms with Crippen molar-refractivity contribution >= 4 is 0 Å². The molecule has 19 heavy (non-hydrogen) atoms. The van der Waals surface area contributed by atoms with Crippen molar-refractivity contribution in [1.29, 1.82) is 0 Å². The fourth-order valence-electron chi connectivity index (χ4n) is 3.46. The molecule has 0 atom stereocenters. The predicted molar refractivity (Wildman–Crippen MR) is 83.7 cm³/mol. The highest BCUT2D eigenvalue weighted by Gasteiger charge is 2.45. The van der Waals surface area contributed by atoms with E-state index < -0.39 is 0 Å². The zero-order valence-electron chi connectivity index (χ0n) is 13.2. The quantitative estimate of drug-likeness (QED) is 0.829. The maximum absolute atomic E-state index is 3.41.